The van der Waals surface area contributed by atoms with Crippen molar-refractivity contribution in [2.75, 3.05) is 13.1 Å². The van der Waals surface area contributed by atoms with Crippen molar-refractivity contribution in [1.82, 2.24) is 16.0 Å². The summed E-state index contributed by atoms with van der Waals surface area (Å²) in [5, 5.41) is 35.5. The Morgan fingerprint density at radius 3 is 1.93 bits per heavy atom. The van der Waals surface area contributed by atoms with Gasteiger partial charge in [-0.1, -0.05) is 12.1 Å². The van der Waals surface area contributed by atoms with Gasteiger partial charge in [-0.2, -0.15) is 0 Å². The van der Waals surface area contributed by atoms with Crippen LogP contribution in [0.5, 0.6) is 5.75 Å². The molecule has 0 heterocycles. The molecule has 16 heteroatoms. The predicted molar refractivity (Wildman–Crippen MR) is 148 cm³/mol. The fraction of sp³-hybridized carbons (Fsp3) is 0.520. The number of aromatic hydroxyl groups is 1. The molecular weight excluding hydrogens is 540 g/mol. The van der Waals surface area contributed by atoms with Crippen molar-refractivity contribution in [1.29, 1.82) is 0 Å². The maximum atomic E-state index is 13.3. The third kappa shape index (κ3) is 14.0. The highest BCUT2D eigenvalue weighted by molar-refractivity contribution is 5.94. The molecule has 1 aromatic carbocycles. The number of phenolic OH excluding ortho intramolecular Hbond substituents is 1. The summed E-state index contributed by atoms with van der Waals surface area (Å²) in [5.41, 5.74) is 22.3. The molecule has 14 N–H and O–H groups in total. The highest BCUT2D eigenvalue weighted by atomic mass is 16.4. The van der Waals surface area contributed by atoms with E-state index in [1.165, 1.54) is 24.3 Å². The van der Waals surface area contributed by atoms with Crippen molar-refractivity contribution in [2.24, 2.45) is 27.9 Å². The summed E-state index contributed by atoms with van der Waals surface area (Å²) >= 11 is 0. The van der Waals surface area contributed by atoms with Crippen molar-refractivity contribution in [2.45, 2.75) is 69.1 Å². The summed E-state index contributed by atoms with van der Waals surface area (Å²) in [5.74, 6) is -5.23. The molecule has 0 aliphatic heterocycles. The molecule has 228 valence electrons. The number of hydrogen-bond acceptors (Lipinski definition) is 9. The van der Waals surface area contributed by atoms with Crippen LogP contribution in [0.25, 0.3) is 0 Å². The molecule has 0 spiro atoms. The average molecular weight is 581 g/mol. The van der Waals surface area contributed by atoms with E-state index in [4.69, 9.17) is 28.0 Å². The van der Waals surface area contributed by atoms with Gasteiger partial charge < -0.3 is 54.2 Å². The van der Waals surface area contributed by atoms with E-state index in [1.54, 1.807) is 0 Å². The summed E-state index contributed by atoms with van der Waals surface area (Å²) < 4.78 is 0. The van der Waals surface area contributed by atoms with E-state index in [0.717, 1.165) is 0 Å². The number of rotatable bonds is 19. The molecule has 0 fully saturated rings. The van der Waals surface area contributed by atoms with Crippen molar-refractivity contribution in [3.63, 3.8) is 0 Å². The van der Waals surface area contributed by atoms with Gasteiger partial charge in [-0.25, -0.2) is 4.79 Å². The number of amides is 3. The standard InChI is InChI=1S/C25H40N8O8/c26-10-2-1-4-17(22(38)32-18(24(40)41)5-3-11-30-25(28)29)31-23(39)19(12-14-6-8-15(34)9-7-14)33-21(37)16(27)13-20(35)36/h6-9,16-19,34H,1-5,10-13,26-27H2,(H,31,39)(H,32,38)(H,33,37)(H,35,36)(H,40,41)(H4,28,29,30). The summed E-state index contributed by atoms with van der Waals surface area (Å²) in [6, 6.07) is 0.601. The van der Waals surface area contributed by atoms with Crippen molar-refractivity contribution >= 4 is 35.6 Å². The molecule has 0 bridgehead atoms. The van der Waals surface area contributed by atoms with E-state index in [-0.39, 0.29) is 43.9 Å². The van der Waals surface area contributed by atoms with Gasteiger partial charge in [0.15, 0.2) is 5.96 Å². The summed E-state index contributed by atoms with van der Waals surface area (Å²) in [6.45, 7) is 0.479. The fourth-order valence-corrected chi connectivity index (χ4v) is 3.70. The molecule has 0 aliphatic carbocycles. The summed E-state index contributed by atoms with van der Waals surface area (Å²) in [7, 11) is 0. The lowest BCUT2D eigenvalue weighted by Crippen LogP contribution is -2.57. The number of aliphatic imine (C=N–C) groups is 1. The van der Waals surface area contributed by atoms with Gasteiger partial charge in [-0.05, 0) is 56.3 Å². The topological polar surface area (TPSA) is 299 Å². The number of aliphatic carboxylic acids is 2. The number of benzene rings is 1. The molecule has 16 nitrogen and oxygen atoms in total. The Bertz CT molecular complexity index is 1060. The number of carbonyl (C=O) groups is 5. The Morgan fingerprint density at radius 1 is 0.805 bits per heavy atom. The Kier molecular flexibility index (Phi) is 15.2. The Balaban J connectivity index is 3.11. The maximum absolute atomic E-state index is 13.3. The quantitative estimate of drug-likeness (QED) is 0.0460. The molecule has 0 radical (unpaired) electrons. The van der Waals surface area contributed by atoms with E-state index >= 15 is 0 Å². The van der Waals surface area contributed by atoms with E-state index in [1.807, 2.05) is 0 Å². The lowest BCUT2D eigenvalue weighted by molar-refractivity contribution is -0.142. The fourth-order valence-electron chi connectivity index (χ4n) is 3.70. The number of carbonyl (C=O) groups excluding carboxylic acids is 3. The van der Waals surface area contributed by atoms with Crippen molar-refractivity contribution in [3.8, 4) is 5.75 Å². The molecule has 3 amide bonds. The van der Waals surface area contributed by atoms with Crippen LogP contribution in [0.15, 0.2) is 29.3 Å². The minimum absolute atomic E-state index is 0.0162. The van der Waals surface area contributed by atoms with Gasteiger partial charge in [0, 0.05) is 13.0 Å². The zero-order valence-electron chi connectivity index (χ0n) is 22.6. The Morgan fingerprint density at radius 2 is 1.37 bits per heavy atom. The van der Waals surface area contributed by atoms with Gasteiger partial charge in [-0.3, -0.25) is 24.2 Å². The van der Waals surface area contributed by atoms with Gasteiger partial charge in [-0.15, -0.1) is 0 Å². The zero-order valence-corrected chi connectivity index (χ0v) is 22.6. The average Bonchev–Trinajstić information content (AvgIpc) is 2.89. The number of guanidine groups is 1. The van der Waals surface area contributed by atoms with Gasteiger partial charge >= 0.3 is 11.9 Å². The second kappa shape index (κ2) is 18.0. The Labute approximate surface area is 236 Å². The van der Waals surface area contributed by atoms with Crippen LogP contribution in [-0.4, -0.2) is 88.2 Å². The second-order valence-corrected chi connectivity index (χ2v) is 9.33. The second-order valence-electron chi connectivity index (χ2n) is 9.33. The first-order valence-electron chi connectivity index (χ1n) is 13.0. The first kappa shape index (κ1) is 34.6. The lowest BCUT2D eigenvalue weighted by atomic mass is 10.0. The number of hydrogen-bond donors (Lipinski definition) is 10. The highest BCUT2D eigenvalue weighted by Gasteiger charge is 2.30. The van der Waals surface area contributed by atoms with Crippen molar-refractivity contribution in [3.05, 3.63) is 29.8 Å². The van der Waals surface area contributed by atoms with Gasteiger partial charge in [0.05, 0.1) is 12.5 Å². The Hall–Kier alpha value is -4.44. The summed E-state index contributed by atoms with van der Waals surface area (Å²) in [6.07, 6.45) is 0.584. The number of carboxylic acid groups (broad SMARTS) is 2. The normalized spacial score (nSPS) is 13.6. The highest BCUT2D eigenvalue weighted by Crippen LogP contribution is 2.12. The number of nitrogens with two attached hydrogens (primary N) is 4. The lowest BCUT2D eigenvalue weighted by Gasteiger charge is -2.25. The van der Waals surface area contributed by atoms with Gasteiger partial charge in [0.2, 0.25) is 17.7 Å². The van der Waals surface area contributed by atoms with Crippen LogP contribution in [0, 0.1) is 0 Å². The monoisotopic (exact) mass is 580 g/mol. The minimum atomic E-state index is -1.44. The zero-order chi connectivity index (χ0) is 30.9. The van der Waals surface area contributed by atoms with E-state index in [2.05, 4.69) is 20.9 Å². The molecule has 0 aromatic heterocycles. The van der Waals surface area contributed by atoms with Crippen LogP contribution in [0.3, 0.4) is 0 Å². The summed E-state index contributed by atoms with van der Waals surface area (Å²) in [4.78, 5) is 65.5. The SMILES string of the molecule is NCCCCC(NC(=O)C(Cc1ccc(O)cc1)NC(=O)C(N)CC(=O)O)C(=O)NC(CCCN=C(N)N)C(=O)O. The van der Waals surface area contributed by atoms with Gasteiger partial charge in [0.1, 0.15) is 23.9 Å². The maximum Gasteiger partial charge on any atom is 0.326 e. The number of unbranched alkanes of at least 4 members (excludes halogenated alkanes) is 1. The third-order valence-corrected chi connectivity index (χ3v) is 5.88. The third-order valence-electron chi connectivity index (χ3n) is 5.88. The number of nitrogens with one attached hydrogen (secondary N) is 3. The van der Waals surface area contributed by atoms with E-state index in [9.17, 15) is 34.2 Å². The van der Waals surface area contributed by atoms with Crippen LogP contribution < -0.4 is 38.9 Å². The van der Waals surface area contributed by atoms with Crippen LogP contribution in [0.2, 0.25) is 0 Å². The smallest absolute Gasteiger partial charge is 0.326 e. The predicted octanol–water partition coefficient (Wildman–Crippen LogP) is -2.54. The van der Waals surface area contributed by atoms with E-state index < -0.39 is 60.2 Å². The first-order chi connectivity index (χ1) is 19.3. The number of phenols is 1. The molecular formula is C25H40N8O8. The number of carboxylic acids is 2. The van der Waals surface area contributed by atoms with Gasteiger partial charge in [0.25, 0.3) is 0 Å². The molecule has 0 saturated heterocycles. The molecule has 0 aliphatic rings. The largest absolute Gasteiger partial charge is 0.508 e. The van der Waals surface area contributed by atoms with Crippen LogP contribution >= 0.6 is 0 Å². The molecule has 1 rings (SSSR count). The first-order valence-corrected chi connectivity index (χ1v) is 13.0. The number of nitrogens with zero attached hydrogens (tertiary/aromatic N) is 1. The van der Waals surface area contributed by atoms with Crippen LogP contribution in [0.1, 0.15) is 44.1 Å². The molecule has 1 aromatic rings. The molecule has 4 atom stereocenters. The van der Waals surface area contributed by atoms with Crippen LogP contribution in [0.4, 0.5) is 0 Å². The molecule has 41 heavy (non-hydrogen) atoms. The minimum Gasteiger partial charge on any atom is -0.508 e. The van der Waals surface area contributed by atoms with Crippen LogP contribution in [-0.2, 0) is 30.4 Å². The molecule has 0 saturated carbocycles. The molecule has 4 unspecified atom stereocenters. The van der Waals surface area contributed by atoms with E-state index in [0.29, 0.717) is 24.9 Å². The van der Waals surface area contributed by atoms with Crippen molar-refractivity contribution < 1.29 is 39.3 Å².